The van der Waals surface area contributed by atoms with Crippen LogP contribution >= 0.6 is 9.24 Å². The third kappa shape index (κ3) is 2.86. The van der Waals surface area contributed by atoms with E-state index in [2.05, 4.69) is 69.0 Å². The zero-order valence-electron chi connectivity index (χ0n) is 11.5. The SMILES string of the molecule is CC(C)(C)c1cccc(C(C)(C)C)c1CP. The van der Waals surface area contributed by atoms with Gasteiger partial charge in [-0.05, 0) is 33.7 Å². The first-order valence-electron chi connectivity index (χ1n) is 6.01. The summed E-state index contributed by atoms with van der Waals surface area (Å²) in [5, 5.41) is 0. The highest BCUT2D eigenvalue weighted by molar-refractivity contribution is 7.15. The lowest BCUT2D eigenvalue weighted by Crippen LogP contribution is -2.20. The highest BCUT2D eigenvalue weighted by Gasteiger charge is 2.23. The van der Waals surface area contributed by atoms with Gasteiger partial charge >= 0.3 is 0 Å². The molecule has 0 saturated heterocycles. The van der Waals surface area contributed by atoms with Gasteiger partial charge in [-0.15, -0.1) is 9.24 Å². The maximum Gasteiger partial charge on any atom is -0.0123 e. The van der Waals surface area contributed by atoms with Gasteiger partial charge in [-0.1, -0.05) is 59.7 Å². The molecule has 16 heavy (non-hydrogen) atoms. The molecule has 0 nitrogen and oxygen atoms in total. The van der Waals surface area contributed by atoms with Crippen molar-refractivity contribution in [2.75, 3.05) is 0 Å². The van der Waals surface area contributed by atoms with E-state index in [9.17, 15) is 0 Å². The second-order valence-corrected chi connectivity index (χ2v) is 6.94. The van der Waals surface area contributed by atoms with E-state index in [-0.39, 0.29) is 10.8 Å². The van der Waals surface area contributed by atoms with Crippen molar-refractivity contribution >= 4 is 9.24 Å². The molecule has 1 atom stereocenters. The summed E-state index contributed by atoms with van der Waals surface area (Å²) in [6.45, 7) is 13.7. The molecule has 90 valence electrons. The van der Waals surface area contributed by atoms with Crippen molar-refractivity contribution < 1.29 is 0 Å². The fraction of sp³-hybridized carbons (Fsp3) is 0.600. The van der Waals surface area contributed by atoms with Crippen LogP contribution in [0.25, 0.3) is 0 Å². The zero-order valence-corrected chi connectivity index (χ0v) is 12.7. The van der Waals surface area contributed by atoms with Crippen molar-refractivity contribution in [3.63, 3.8) is 0 Å². The maximum absolute atomic E-state index is 2.88. The van der Waals surface area contributed by atoms with Gasteiger partial charge < -0.3 is 0 Å². The van der Waals surface area contributed by atoms with Crippen LogP contribution in [0.5, 0.6) is 0 Å². The fourth-order valence-corrected chi connectivity index (χ4v) is 2.65. The third-order valence-corrected chi connectivity index (χ3v) is 3.40. The van der Waals surface area contributed by atoms with Crippen LogP contribution in [-0.4, -0.2) is 0 Å². The van der Waals surface area contributed by atoms with E-state index in [1.54, 1.807) is 0 Å². The van der Waals surface area contributed by atoms with Crippen molar-refractivity contribution in [2.45, 2.75) is 58.5 Å². The van der Waals surface area contributed by atoms with Crippen molar-refractivity contribution in [1.82, 2.24) is 0 Å². The van der Waals surface area contributed by atoms with Gasteiger partial charge in [0.15, 0.2) is 0 Å². The smallest absolute Gasteiger partial charge is 0.0123 e. The van der Waals surface area contributed by atoms with Crippen LogP contribution in [0.15, 0.2) is 18.2 Å². The minimum absolute atomic E-state index is 0.229. The predicted molar refractivity (Wildman–Crippen MR) is 77.3 cm³/mol. The van der Waals surface area contributed by atoms with E-state index >= 15 is 0 Å². The Labute approximate surface area is 103 Å². The van der Waals surface area contributed by atoms with Gasteiger partial charge in [-0.3, -0.25) is 0 Å². The standard InChI is InChI=1S/C15H25P/c1-14(2,3)12-8-7-9-13(11(12)10-16)15(4,5)6/h7-9H,10,16H2,1-6H3. The molecule has 0 spiro atoms. The number of rotatable bonds is 1. The normalized spacial score (nSPS) is 12.9. The average molecular weight is 236 g/mol. The summed E-state index contributed by atoms with van der Waals surface area (Å²) in [4.78, 5) is 0. The first kappa shape index (κ1) is 13.7. The first-order valence-corrected chi connectivity index (χ1v) is 6.82. The van der Waals surface area contributed by atoms with Gasteiger partial charge in [-0.25, -0.2) is 0 Å². The lowest BCUT2D eigenvalue weighted by atomic mass is 9.77. The average Bonchev–Trinajstić information content (AvgIpc) is 2.13. The summed E-state index contributed by atoms with van der Waals surface area (Å²) >= 11 is 0. The largest absolute Gasteiger partial charge is 0.133 e. The summed E-state index contributed by atoms with van der Waals surface area (Å²) < 4.78 is 0. The predicted octanol–water partition coefficient (Wildman–Crippen LogP) is 4.66. The van der Waals surface area contributed by atoms with E-state index in [4.69, 9.17) is 0 Å². The molecule has 0 fully saturated rings. The molecule has 0 saturated carbocycles. The van der Waals surface area contributed by atoms with Crippen LogP contribution in [0, 0.1) is 0 Å². The van der Waals surface area contributed by atoms with Crippen LogP contribution in [0.1, 0.15) is 58.2 Å². The molecule has 1 aromatic rings. The van der Waals surface area contributed by atoms with Crippen LogP contribution in [0.4, 0.5) is 0 Å². The Kier molecular flexibility index (Phi) is 3.85. The molecular weight excluding hydrogens is 211 g/mol. The lowest BCUT2D eigenvalue weighted by Gasteiger charge is -2.29. The quantitative estimate of drug-likeness (QED) is 0.622. The first-order chi connectivity index (χ1) is 7.18. The van der Waals surface area contributed by atoms with Gasteiger partial charge in [0.25, 0.3) is 0 Å². The van der Waals surface area contributed by atoms with Crippen molar-refractivity contribution in [1.29, 1.82) is 0 Å². The van der Waals surface area contributed by atoms with E-state index < -0.39 is 0 Å². The van der Waals surface area contributed by atoms with E-state index in [0.717, 1.165) is 6.16 Å². The Bertz CT molecular complexity index is 332. The topological polar surface area (TPSA) is 0 Å². The van der Waals surface area contributed by atoms with Gasteiger partial charge in [0.1, 0.15) is 0 Å². The third-order valence-electron chi connectivity index (χ3n) is 3.00. The Morgan fingerprint density at radius 2 is 1.25 bits per heavy atom. The molecule has 1 rings (SSSR count). The molecule has 0 aliphatic heterocycles. The van der Waals surface area contributed by atoms with Crippen LogP contribution in [0.3, 0.4) is 0 Å². The monoisotopic (exact) mass is 236 g/mol. The molecule has 0 amide bonds. The van der Waals surface area contributed by atoms with Gasteiger partial charge in [-0.2, -0.15) is 0 Å². The maximum atomic E-state index is 2.88. The van der Waals surface area contributed by atoms with E-state index in [1.165, 1.54) is 16.7 Å². The Balaban J connectivity index is 3.45. The molecule has 0 aliphatic carbocycles. The van der Waals surface area contributed by atoms with Gasteiger partial charge in [0, 0.05) is 0 Å². The van der Waals surface area contributed by atoms with Crippen molar-refractivity contribution in [3.8, 4) is 0 Å². The Morgan fingerprint density at radius 3 is 1.50 bits per heavy atom. The molecule has 0 bridgehead atoms. The number of hydrogen-bond acceptors (Lipinski definition) is 0. The Hall–Kier alpha value is -0.350. The molecule has 0 heterocycles. The summed E-state index contributed by atoms with van der Waals surface area (Å²) in [5.74, 6) is 0. The van der Waals surface area contributed by atoms with Gasteiger partial charge in [0.05, 0.1) is 0 Å². The summed E-state index contributed by atoms with van der Waals surface area (Å²) in [6, 6.07) is 6.74. The molecule has 0 aliphatic rings. The molecule has 0 radical (unpaired) electrons. The lowest BCUT2D eigenvalue weighted by molar-refractivity contribution is 0.560. The highest BCUT2D eigenvalue weighted by atomic mass is 31.0. The van der Waals surface area contributed by atoms with Crippen molar-refractivity contribution in [3.05, 3.63) is 34.9 Å². The molecule has 1 aromatic carbocycles. The minimum Gasteiger partial charge on any atom is -0.133 e. The molecule has 0 N–H and O–H groups in total. The van der Waals surface area contributed by atoms with E-state index in [0.29, 0.717) is 0 Å². The summed E-state index contributed by atoms with van der Waals surface area (Å²) in [5.41, 5.74) is 4.93. The zero-order chi connectivity index (χ0) is 12.6. The minimum atomic E-state index is 0.229. The van der Waals surface area contributed by atoms with E-state index in [1.807, 2.05) is 0 Å². The highest BCUT2D eigenvalue weighted by Crippen LogP contribution is 2.34. The fourth-order valence-electron chi connectivity index (χ4n) is 2.21. The summed E-state index contributed by atoms with van der Waals surface area (Å²) in [6.07, 6.45) is 1.04. The van der Waals surface area contributed by atoms with Crippen LogP contribution in [-0.2, 0) is 17.0 Å². The molecule has 1 unspecified atom stereocenters. The Morgan fingerprint density at radius 1 is 0.875 bits per heavy atom. The van der Waals surface area contributed by atoms with Crippen LogP contribution in [0.2, 0.25) is 0 Å². The summed E-state index contributed by atoms with van der Waals surface area (Å²) in [7, 11) is 2.88. The number of hydrogen-bond donors (Lipinski definition) is 0. The second-order valence-electron chi connectivity index (χ2n) is 6.54. The molecule has 0 aromatic heterocycles. The van der Waals surface area contributed by atoms with Crippen LogP contribution < -0.4 is 0 Å². The number of benzene rings is 1. The molecule has 1 heteroatoms. The second kappa shape index (κ2) is 4.49. The van der Waals surface area contributed by atoms with Crippen molar-refractivity contribution in [2.24, 2.45) is 0 Å². The molecular formula is C15H25P. The van der Waals surface area contributed by atoms with Gasteiger partial charge in [0.2, 0.25) is 0 Å².